The molecule has 23 heavy (non-hydrogen) atoms. The fraction of sp³-hybridized carbons (Fsp3) is 0.0625. The van der Waals surface area contributed by atoms with Crippen LogP contribution in [0.2, 0.25) is 5.02 Å². The number of carboxylic acid groups (broad SMARTS) is 1. The number of ether oxygens (including phenoxy) is 1. The van der Waals surface area contributed by atoms with Crippen molar-refractivity contribution in [1.82, 2.24) is 4.98 Å². The summed E-state index contributed by atoms with van der Waals surface area (Å²) in [6.07, 6.45) is 3.08. The lowest BCUT2D eigenvalue weighted by Gasteiger charge is -2.06. The average molecular weight is 331 g/mol. The molecule has 2 N–H and O–H groups in total. The van der Waals surface area contributed by atoms with Gasteiger partial charge in [0.1, 0.15) is 11.8 Å². The van der Waals surface area contributed by atoms with Crippen LogP contribution < -0.4 is 4.74 Å². The number of hydrogen-bond donors (Lipinski definition) is 2. The maximum Gasteiger partial charge on any atom is 0.354 e. The van der Waals surface area contributed by atoms with E-state index in [0.29, 0.717) is 5.56 Å². The number of aromatic nitrogens is 1. The molecule has 0 bridgehead atoms. The van der Waals surface area contributed by atoms with Gasteiger partial charge in [-0.2, -0.15) is 5.26 Å². The van der Waals surface area contributed by atoms with E-state index < -0.39 is 5.97 Å². The summed E-state index contributed by atoms with van der Waals surface area (Å²) in [5.74, 6) is -1.15. The van der Waals surface area contributed by atoms with Crippen molar-refractivity contribution in [3.8, 4) is 17.6 Å². The average Bonchev–Trinajstić information content (AvgIpc) is 2.55. The van der Waals surface area contributed by atoms with E-state index in [1.165, 1.54) is 31.4 Å². The second-order valence-corrected chi connectivity index (χ2v) is 4.84. The highest BCUT2D eigenvalue weighted by Crippen LogP contribution is 2.35. The molecule has 1 aromatic carbocycles. The number of phenolic OH excluding ortho intramolecular Hbond substituents is 1. The van der Waals surface area contributed by atoms with Gasteiger partial charge in [0.05, 0.1) is 23.4 Å². The molecular weight excluding hydrogens is 320 g/mol. The highest BCUT2D eigenvalue weighted by molar-refractivity contribution is 6.32. The monoisotopic (exact) mass is 330 g/mol. The maximum atomic E-state index is 11.0. The van der Waals surface area contributed by atoms with Crippen molar-refractivity contribution in [3.05, 3.63) is 51.8 Å². The van der Waals surface area contributed by atoms with Crippen molar-refractivity contribution >= 4 is 29.7 Å². The molecule has 116 valence electrons. The number of nitrogens with zero attached hydrogens (tertiary/aromatic N) is 2. The van der Waals surface area contributed by atoms with Crippen LogP contribution in [0.25, 0.3) is 12.2 Å². The van der Waals surface area contributed by atoms with Crippen molar-refractivity contribution in [2.75, 3.05) is 7.11 Å². The summed E-state index contributed by atoms with van der Waals surface area (Å²) in [7, 11) is 1.39. The molecule has 0 spiro atoms. The van der Waals surface area contributed by atoms with Gasteiger partial charge in [-0.05, 0) is 35.9 Å². The Balaban J connectivity index is 2.44. The number of carboxylic acids is 1. The van der Waals surface area contributed by atoms with E-state index in [0.717, 1.165) is 0 Å². The van der Waals surface area contributed by atoms with Crippen molar-refractivity contribution < 1.29 is 19.7 Å². The fourth-order valence-corrected chi connectivity index (χ4v) is 2.06. The second-order valence-electron chi connectivity index (χ2n) is 4.43. The van der Waals surface area contributed by atoms with Crippen LogP contribution in [0.5, 0.6) is 11.5 Å². The lowest BCUT2D eigenvalue weighted by molar-refractivity contribution is 0.0690. The van der Waals surface area contributed by atoms with Crippen molar-refractivity contribution in [2.45, 2.75) is 0 Å². The molecule has 0 fully saturated rings. The molecule has 0 radical (unpaired) electrons. The number of nitriles is 1. The number of aromatic hydroxyl groups is 1. The van der Waals surface area contributed by atoms with Gasteiger partial charge in [-0.15, -0.1) is 0 Å². The van der Waals surface area contributed by atoms with Gasteiger partial charge in [0, 0.05) is 0 Å². The van der Waals surface area contributed by atoms with Gasteiger partial charge in [0.25, 0.3) is 0 Å². The largest absolute Gasteiger partial charge is 0.503 e. The molecule has 2 aromatic rings. The number of benzene rings is 1. The Bertz CT molecular complexity index is 841. The predicted molar refractivity (Wildman–Crippen MR) is 84.5 cm³/mol. The Kier molecular flexibility index (Phi) is 4.84. The van der Waals surface area contributed by atoms with E-state index in [4.69, 9.17) is 26.7 Å². The summed E-state index contributed by atoms with van der Waals surface area (Å²) in [6, 6.07) is 7.64. The molecule has 0 amide bonds. The van der Waals surface area contributed by atoms with Crippen molar-refractivity contribution in [2.24, 2.45) is 0 Å². The van der Waals surface area contributed by atoms with Crippen LogP contribution in [0.4, 0.5) is 0 Å². The molecule has 1 aromatic heterocycles. The summed E-state index contributed by atoms with van der Waals surface area (Å²) in [6.45, 7) is 0. The van der Waals surface area contributed by atoms with Crippen molar-refractivity contribution in [1.29, 1.82) is 5.26 Å². The molecule has 0 unspecified atom stereocenters. The highest BCUT2D eigenvalue weighted by Gasteiger charge is 2.10. The van der Waals surface area contributed by atoms with E-state index in [9.17, 15) is 9.90 Å². The first-order valence-corrected chi connectivity index (χ1v) is 6.73. The summed E-state index contributed by atoms with van der Waals surface area (Å²) >= 11 is 5.90. The Morgan fingerprint density at radius 3 is 2.74 bits per heavy atom. The third-order valence-corrected chi connectivity index (χ3v) is 3.26. The zero-order valence-electron chi connectivity index (χ0n) is 11.9. The van der Waals surface area contributed by atoms with Crippen LogP contribution in [0, 0.1) is 11.3 Å². The summed E-state index contributed by atoms with van der Waals surface area (Å²) < 4.78 is 5.00. The van der Waals surface area contributed by atoms with Gasteiger partial charge in [-0.1, -0.05) is 17.7 Å². The second kappa shape index (κ2) is 6.81. The standard InChI is InChI=1S/C16H11ClN2O4/c1-23-14-7-9(6-11(17)15(14)20)2-4-12-10(8-18)3-5-13(19-12)16(21)22/h2-7,20H,1H3,(H,21,22). The third-order valence-electron chi connectivity index (χ3n) is 2.97. The number of hydrogen-bond acceptors (Lipinski definition) is 5. The van der Waals surface area contributed by atoms with Gasteiger partial charge in [-0.25, -0.2) is 9.78 Å². The first-order valence-electron chi connectivity index (χ1n) is 6.35. The Labute approximate surface area is 136 Å². The summed E-state index contributed by atoms with van der Waals surface area (Å²) in [4.78, 5) is 14.9. The van der Waals surface area contributed by atoms with E-state index in [1.54, 1.807) is 12.1 Å². The molecule has 1 heterocycles. The first kappa shape index (κ1) is 16.3. The van der Waals surface area contributed by atoms with Crippen LogP contribution >= 0.6 is 11.6 Å². The normalized spacial score (nSPS) is 10.5. The smallest absolute Gasteiger partial charge is 0.354 e. The Hall–Kier alpha value is -3.04. The lowest BCUT2D eigenvalue weighted by atomic mass is 10.1. The SMILES string of the molecule is COc1cc(C=Cc2nc(C(=O)O)ccc2C#N)cc(Cl)c1O. The summed E-state index contributed by atoms with van der Waals surface area (Å²) in [5, 5.41) is 27.8. The number of pyridine rings is 1. The van der Waals surface area contributed by atoms with Crippen LogP contribution in [-0.2, 0) is 0 Å². The fourth-order valence-electron chi connectivity index (χ4n) is 1.84. The number of rotatable bonds is 4. The summed E-state index contributed by atoms with van der Waals surface area (Å²) in [5.41, 5.74) is 0.889. The minimum Gasteiger partial charge on any atom is -0.503 e. The highest BCUT2D eigenvalue weighted by atomic mass is 35.5. The van der Waals surface area contributed by atoms with Gasteiger partial charge in [-0.3, -0.25) is 0 Å². The molecule has 0 aliphatic carbocycles. The van der Waals surface area contributed by atoms with Gasteiger partial charge < -0.3 is 14.9 Å². The minimum atomic E-state index is -1.18. The molecule has 0 saturated heterocycles. The van der Waals surface area contributed by atoms with Crippen LogP contribution in [0.1, 0.15) is 27.3 Å². The molecular formula is C16H11ClN2O4. The van der Waals surface area contributed by atoms with Crippen LogP contribution in [-0.4, -0.2) is 28.3 Å². The number of phenols is 1. The zero-order chi connectivity index (χ0) is 17.0. The molecule has 2 rings (SSSR count). The van der Waals surface area contributed by atoms with Gasteiger partial charge in [0.2, 0.25) is 0 Å². The molecule has 0 saturated carbocycles. The molecule has 7 heteroatoms. The topological polar surface area (TPSA) is 103 Å². The van der Waals surface area contributed by atoms with E-state index in [2.05, 4.69) is 4.98 Å². The molecule has 0 aliphatic rings. The molecule has 0 atom stereocenters. The van der Waals surface area contributed by atoms with Gasteiger partial charge in [0.15, 0.2) is 11.5 Å². The molecule has 6 nitrogen and oxygen atoms in total. The number of aromatic carboxylic acids is 1. The van der Waals surface area contributed by atoms with E-state index >= 15 is 0 Å². The van der Waals surface area contributed by atoms with Crippen LogP contribution in [0.3, 0.4) is 0 Å². The predicted octanol–water partition coefficient (Wildman–Crippen LogP) is 3.19. The number of methoxy groups -OCH3 is 1. The van der Waals surface area contributed by atoms with Gasteiger partial charge >= 0.3 is 5.97 Å². The van der Waals surface area contributed by atoms with Crippen LogP contribution in [0.15, 0.2) is 24.3 Å². The first-order chi connectivity index (χ1) is 11.0. The number of carbonyl (C=O) groups is 1. The minimum absolute atomic E-state index is 0.108. The quantitative estimate of drug-likeness (QED) is 0.892. The Morgan fingerprint density at radius 1 is 1.39 bits per heavy atom. The van der Waals surface area contributed by atoms with Crippen molar-refractivity contribution in [3.63, 3.8) is 0 Å². The van der Waals surface area contributed by atoms with E-state index in [-0.39, 0.29) is 33.5 Å². The van der Waals surface area contributed by atoms with E-state index in [1.807, 2.05) is 6.07 Å². The Morgan fingerprint density at radius 2 is 2.13 bits per heavy atom. The maximum absolute atomic E-state index is 11.0. The number of halogens is 1. The lowest BCUT2D eigenvalue weighted by Crippen LogP contribution is -2.02. The zero-order valence-corrected chi connectivity index (χ0v) is 12.7. The third kappa shape index (κ3) is 3.59. The molecule has 0 aliphatic heterocycles.